The van der Waals surface area contributed by atoms with Crippen molar-refractivity contribution in [2.24, 2.45) is 0 Å². The first-order valence-corrected chi connectivity index (χ1v) is 6.71. The molecule has 8 heteroatoms. The molecular formula is C14H10ClN5O2. The molecule has 3 aromatic rings. The van der Waals surface area contributed by atoms with E-state index in [0.29, 0.717) is 16.7 Å². The fraction of sp³-hybridized carbons (Fsp3) is 0. The molecule has 0 radical (unpaired) electrons. The Morgan fingerprint density at radius 2 is 1.64 bits per heavy atom. The van der Waals surface area contributed by atoms with Crippen molar-refractivity contribution in [1.82, 2.24) is 10.2 Å². The van der Waals surface area contributed by atoms with Gasteiger partial charge in [0, 0.05) is 16.8 Å². The molecule has 1 aromatic heterocycles. The van der Waals surface area contributed by atoms with Crippen LogP contribution < -0.4 is 10.9 Å². The standard InChI is InChI=1S/C14H10ClN5O2/c15-13-9-5-1-2-6-10(9)14(19-17-13)18-16-11-7-3-4-8-12(11)20(21)22/h1-8,16H,(H,18,19). The highest BCUT2D eigenvalue weighted by Gasteiger charge is 2.13. The zero-order valence-corrected chi connectivity index (χ0v) is 11.9. The number of nitro benzene ring substituents is 1. The van der Waals surface area contributed by atoms with Crippen LogP contribution in [-0.2, 0) is 0 Å². The molecule has 22 heavy (non-hydrogen) atoms. The Hall–Kier alpha value is -2.93. The van der Waals surface area contributed by atoms with Crippen LogP contribution in [0.15, 0.2) is 48.5 Å². The molecular weight excluding hydrogens is 306 g/mol. The predicted octanol–water partition coefficient (Wildman–Crippen LogP) is 3.63. The number of aromatic nitrogens is 2. The smallest absolute Gasteiger partial charge is 0.293 e. The summed E-state index contributed by atoms with van der Waals surface area (Å²) in [6.45, 7) is 0. The van der Waals surface area contributed by atoms with Gasteiger partial charge in [-0.1, -0.05) is 48.0 Å². The number of nitrogens with zero attached hydrogens (tertiary/aromatic N) is 3. The van der Waals surface area contributed by atoms with E-state index in [0.717, 1.165) is 10.8 Å². The monoisotopic (exact) mass is 315 g/mol. The van der Waals surface area contributed by atoms with Crippen molar-refractivity contribution in [2.45, 2.75) is 0 Å². The Balaban J connectivity index is 1.92. The molecule has 3 rings (SSSR count). The van der Waals surface area contributed by atoms with Gasteiger partial charge in [0.2, 0.25) is 0 Å². The number of hydrogen-bond acceptors (Lipinski definition) is 6. The van der Waals surface area contributed by atoms with Crippen molar-refractivity contribution in [3.05, 3.63) is 63.8 Å². The molecule has 0 saturated carbocycles. The molecule has 0 aliphatic rings. The van der Waals surface area contributed by atoms with Crippen LogP contribution in [-0.4, -0.2) is 15.1 Å². The first kappa shape index (κ1) is 14.0. The lowest BCUT2D eigenvalue weighted by atomic mass is 10.2. The highest BCUT2D eigenvalue weighted by atomic mass is 35.5. The Morgan fingerprint density at radius 3 is 2.41 bits per heavy atom. The van der Waals surface area contributed by atoms with E-state index >= 15 is 0 Å². The zero-order valence-electron chi connectivity index (χ0n) is 11.2. The number of nitro groups is 1. The summed E-state index contributed by atoms with van der Waals surface area (Å²) in [6, 6.07) is 13.6. The van der Waals surface area contributed by atoms with Crippen LogP contribution in [0.25, 0.3) is 10.8 Å². The van der Waals surface area contributed by atoms with Crippen LogP contribution in [0.1, 0.15) is 0 Å². The lowest BCUT2D eigenvalue weighted by Gasteiger charge is -2.11. The van der Waals surface area contributed by atoms with Crippen molar-refractivity contribution in [3.8, 4) is 0 Å². The Labute approximate surface area is 130 Å². The molecule has 0 aliphatic heterocycles. The molecule has 2 N–H and O–H groups in total. The fourth-order valence-corrected chi connectivity index (χ4v) is 2.23. The molecule has 0 saturated heterocycles. The first-order valence-electron chi connectivity index (χ1n) is 6.33. The molecule has 2 aromatic carbocycles. The van der Waals surface area contributed by atoms with Crippen molar-refractivity contribution in [3.63, 3.8) is 0 Å². The summed E-state index contributed by atoms with van der Waals surface area (Å²) in [7, 11) is 0. The molecule has 0 spiro atoms. The Morgan fingerprint density at radius 1 is 0.955 bits per heavy atom. The summed E-state index contributed by atoms with van der Waals surface area (Å²) in [5.41, 5.74) is 5.91. The van der Waals surface area contributed by atoms with Gasteiger partial charge in [-0.25, -0.2) is 0 Å². The van der Waals surface area contributed by atoms with E-state index < -0.39 is 4.92 Å². The van der Waals surface area contributed by atoms with Crippen molar-refractivity contribution in [2.75, 3.05) is 10.9 Å². The number of benzene rings is 2. The van der Waals surface area contributed by atoms with Crippen LogP contribution in [0.3, 0.4) is 0 Å². The van der Waals surface area contributed by atoms with Gasteiger partial charge in [0.05, 0.1) is 4.92 Å². The van der Waals surface area contributed by atoms with Crippen LogP contribution in [0.5, 0.6) is 0 Å². The molecule has 110 valence electrons. The summed E-state index contributed by atoms with van der Waals surface area (Å²) in [5, 5.41) is 20.6. The third-order valence-corrected chi connectivity index (χ3v) is 3.34. The largest absolute Gasteiger partial charge is 0.294 e. The second-order valence-electron chi connectivity index (χ2n) is 4.41. The van der Waals surface area contributed by atoms with Crippen molar-refractivity contribution >= 4 is 39.6 Å². The van der Waals surface area contributed by atoms with Gasteiger partial charge >= 0.3 is 0 Å². The summed E-state index contributed by atoms with van der Waals surface area (Å²) in [4.78, 5) is 10.5. The average Bonchev–Trinajstić information content (AvgIpc) is 2.55. The maximum atomic E-state index is 11.0. The lowest BCUT2D eigenvalue weighted by molar-refractivity contribution is -0.383. The van der Waals surface area contributed by atoms with Gasteiger partial charge in [0.15, 0.2) is 11.0 Å². The highest BCUT2D eigenvalue weighted by molar-refractivity contribution is 6.34. The van der Waals surface area contributed by atoms with E-state index in [1.165, 1.54) is 6.07 Å². The number of nitrogens with one attached hydrogen (secondary N) is 2. The van der Waals surface area contributed by atoms with Gasteiger partial charge in [-0.15, -0.1) is 10.2 Å². The minimum atomic E-state index is -0.463. The Bertz CT molecular complexity index is 856. The van der Waals surface area contributed by atoms with Gasteiger partial charge in [0.1, 0.15) is 5.69 Å². The van der Waals surface area contributed by atoms with Crippen LogP contribution in [0, 0.1) is 10.1 Å². The third kappa shape index (κ3) is 2.61. The topological polar surface area (TPSA) is 93.0 Å². The summed E-state index contributed by atoms with van der Waals surface area (Å²) >= 11 is 6.00. The van der Waals surface area contributed by atoms with Gasteiger partial charge in [0.25, 0.3) is 5.69 Å². The number of para-hydroxylation sites is 2. The van der Waals surface area contributed by atoms with Crippen molar-refractivity contribution < 1.29 is 4.92 Å². The van der Waals surface area contributed by atoms with Crippen LogP contribution >= 0.6 is 11.6 Å². The van der Waals surface area contributed by atoms with Gasteiger partial charge in [-0.3, -0.25) is 21.0 Å². The predicted molar refractivity (Wildman–Crippen MR) is 84.9 cm³/mol. The zero-order chi connectivity index (χ0) is 15.5. The third-order valence-electron chi connectivity index (χ3n) is 3.06. The molecule has 7 nitrogen and oxygen atoms in total. The molecule has 0 fully saturated rings. The normalized spacial score (nSPS) is 10.4. The van der Waals surface area contributed by atoms with E-state index in [2.05, 4.69) is 21.0 Å². The minimum Gasteiger partial charge on any atom is -0.293 e. The average molecular weight is 316 g/mol. The summed E-state index contributed by atoms with van der Waals surface area (Å²) in [5.74, 6) is 0.429. The lowest BCUT2D eigenvalue weighted by Crippen LogP contribution is -2.12. The van der Waals surface area contributed by atoms with E-state index in [1.54, 1.807) is 18.2 Å². The van der Waals surface area contributed by atoms with E-state index in [9.17, 15) is 10.1 Å². The van der Waals surface area contributed by atoms with Gasteiger partial charge in [-0.05, 0) is 6.07 Å². The number of fused-ring (bicyclic) bond motifs is 1. The number of hydrogen-bond donors (Lipinski definition) is 2. The van der Waals surface area contributed by atoms with Crippen molar-refractivity contribution in [1.29, 1.82) is 0 Å². The number of anilines is 2. The van der Waals surface area contributed by atoms with Crippen LogP contribution in [0.2, 0.25) is 5.15 Å². The number of rotatable bonds is 4. The summed E-state index contributed by atoms with van der Waals surface area (Å²) in [6.07, 6.45) is 0. The quantitative estimate of drug-likeness (QED) is 0.564. The number of hydrazine groups is 1. The van der Waals surface area contributed by atoms with Gasteiger partial charge < -0.3 is 0 Å². The molecule has 1 heterocycles. The fourth-order valence-electron chi connectivity index (χ4n) is 2.03. The van der Waals surface area contributed by atoms with E-state index in [-0.39, 0.29) is 5.69 Å². The molecule has 0 aliphatic carbocycles. The van der Waals surface area contributed by atoms with Gasteiger partial charge in [-0.2, -0.15) is 0 Å². The SMILES string of the molecule is O=[N+]([O-])c1ccccc1NNc1nnc(Cl)c2ccccc12. The van der Waals surface area contributed by atoms with E-state index in [1.807, 2.05) is 24.3 Å². The highest BCUT2D eigenvalue weighted by Crippen LogP contribution is 2.27. The Kier molecular flexibility index (Phi) is 3.71. The summed E-state index contributed by atoms with van der Waals surface area (Å²) < 4.78 is 0. The molecule has 0 bridgehead atoms. The first-order chi connectivity index (χ1) is 10.7. The molecule has 0 unspecified atom stereocenters. The molecule has 0 amide bonds. The number of halogens is 1. The second-order valence-corrected chi connectivity index (χ2v) is 4.77. The van der Waals surface area contributed by atoms with E-state index in [4.69, 9.17) is 11.6 Å². The van der Waals surface area contributed by atoms with Crippen LogP contribution in [0.4, 0.5) is 17.2 Å². The molecule has 0 atom stereocenters. The maximum absolute atomic E-state index is 11.0. The maximum Gasteiger partial charge on any atom is 0.294 e. The minimum absolute atomic E-state index is 0.0405. The second kappa shape index (κ2) is 5.82.